The van der Waals surface area contributed by atoms with E-state index in [-0.39, 0.29) is 11.6 Å². The van der Waals surface area contributed by atoms with Crippen molar-refractivity contribution in [2.45, 2.75) is 25.7 Å². The molecule has 1 saturated heterocycles. The summed E-state index contributed by atoms with van der Waals surface area (Å²) < 4.78 is 0. The molecule has 1 aliphatic heterocycles. The number of amides is 1. The maximum absolute atomic E-state index is 12.6. The first-order chi connectivity index (χ1) is 11.6. The van der Waals surface area contributed by atoms with Gasteiger partial charge in [0.2, 0.25) is 0 Å². The Bertz CT molecular complexity index is 949. The van der Waals surface area contributed by atoms with Crippen LogP contribution in [-0.4, -0.2) is 43.8 Å². The molecule has 2 N–H and O–H groups in total. The Kier molecular flexibility index (Phi) is 3.68. The molecule has 0 bridgehead atoms. The normalized spacial score (nSPS) is 16.0. The SMILES string of the molecule is Cc1csc(C2CCN(C(=O)c3ccc4[nH]c(=O)[nH]c4n3)CC2)n1. The molecule has 0 radical (unpaired) electrons. The van der Waals surface area contributed by atoms with Gasteiger partial charge in [0.25, 0.3) is 5.91 Å². The number of rotatable bonds is 2. The smallest absolute Gasteiger partial charge is 0.325 e. The number of pyridine rings is 1. The number of H-pyrrole nitrogens is 2. The highest BCUT2D eigenvalue weighted by Crippen LogP contribution is 2.30. The van der Waals surface area contributed by atoms with Crippen LogP contribution in [0.4, 0.5) is 0 Å². The van der Waals surface area contributed by atoms with Crippen LogP contribution in [-0.2, 0) is 0 Å². The summed E-state index contributed by atoms with van der Waals surface area (Å²) in [5.41, 5.74) is 2.13. The van der Waals surface area contributed by atoms with Crippen LogP contribution in [0.25, 0.3) is 11.2 Å². The minimum Gasteiger partial charge on any atom is -0.337 e. The number of likely N-dealkylation sites (tertiary alicyclic amines) is 1. The molecular weight excluding hydrogens is 326 g/mol. The molecule has 1 fully saturated rings. The second-order valence-electron chi connectivity index (χ2n) is 6.07. The first-order valence-electron chi connectivity index (χ1n) is 7.90. The summed E-state index contributed by atoms with van der Waals surface area (Å²) in [5, 5.41) is 3.24. The van der Waals surface area contributed by atoms with Gasteiger partial charge in [-0.15, -0.1) is 11.3 Å². The number of aromatic amines is 2. The summed E-state index contributed by atoms with van der Waals surface area (Å²) >= 11 is 1.70. The molecule has 0 spiro atoms. The topological polar surface area (TPSA) is 94.7 Å². The van der Waals surface area contributed by atoms with E-state index in [0.29, 0.717) is 35.9 Å². The Morgan fingerprint density at radius 2 is 2.04 bits per heavy atom. The lowest BCUT2D eigenvalue weighted by molar-refractivity contribution is 0.0707. The predicted octanol–water partition coefficient (Wildman–Crippen LogP) is 2.04. The second kappa shape index (κ2) is 5.86. The Morgan fingerprint density at radius 1 is 1.25 bits per heavy atom. The number of carbonyl (C=O) groups is 1. The monoisotopic (exact) mass is 343 g/mol. The van der Waals surface area contributed by atoms with Crippen molar-refractivity contribution in [1.82, 2.24) is 24.8 Å². The lowest BCUT2D eigenvalue weighted by atomic mass is 9.97. The number of hydrogen-bond donors (Lipinski definition) is 2. The summed E-state index contributed by atoms with van der Waals surface area (Å²) in [5.74, 6) is 0.344. The highest BCUT2D eigenvalue weighted by atomic mass is 32.1. The van der Waals surface area contributed by atoms with Gasteiger partial charge in [-0.05, 0) is 31.9 Å². The zero-order valence-corrected chi connectivity index (χ0v) is 14.0. The highest BCUT2D eigenvalue weighted by molar-refractivity contribution is 7.09. The molecule has 8 heteroatoms. The van der Waals surface area contributed by atoms with Gasteiger partial charge in [0.15, 0.2) is 5.65 Å². The van der Waals surface area contributed by atoms with Crippen LogP contribution in [0.5, 0.6) is 0 Å². The molecule has 1 aliphatic rings. The first-order valence-corrected chi connectivity index (χ1v) is 8.78. The molecule has 0 aromatic carbocycles. The average molecular weight is 343 g/mol. The molecule has 0 saturated carbocycles. The Labute approximate surface area is 141 Å². The number of carbonyl (C=O) groups excluding carboxylic acids is 1. The quantitative estimate of drug-likeness (QED) is 0.744. The Balaban J connectivity index is 1.47. The maximum atomic E-state index is 12.6. The van der Waals surface area contributed by atoms with Crippen molar-refractivity contribution < 1.29 is 4.79 Å². The van der Waals surface area contributed by atoms with Gasteiger partial charge in [-0.25, -0.2) is 14.8 Å². The second-order valence-corrected chi connectivity index (χ2v) is 6.96. The van der Waals surface area contributed by atoms with Crippen molar-refractivity contribution in [1.29, 1.82) is 0 Å². The predicted molar refractivity (Wildman–Crippen MR) is 91.4 cm³/mol. The Hall–Kier alpha value is -2.48. The van der Waals surface area contributed by atoms with E-state index < -0.39 is 0 Å². The molecule has 0 aliphatic carbocycles. The molecule has 124 valence electrons. The van der Waals surface area contributed by atoms with Crippen LogP contribution >= 0.6 is 11.3 Å². The fourth-order valence-corrected chi connectivity index (χ4v) is 4.06. The highest BCUT2D eigenvalue weighted by Gasteiger charge is 2.26. The van der Waals surface area contributed by atoms with E-state index in [1.54, 1.807) is 23.5 Å². The summed E-state index contributed by atoms with van der Waals surface area (Å²) in [6.07, 6.45) is 1.84. The van der Waals surface area contributed by atoms with Gasteiger partial charge in [0.05, 0.1) is 10.5 Å². The zero-order chi connectivity index (χ0) is 16.7. The molecule has 4 rings (SSSR count). The van der Waals surface area contributed by atoms with Crippen molar-refractivity contribution in [2.24, 2.45) is 0 Å². The lowest BCUT2D eigenvalue weighted by Crippen LogP contribution is -2.38. The van der Waals surface area contributed by atoms with E-state index in [0.717, 1.165) is 18.5 Å². The average Bonchev–Trinajstić information content (AvgIpc) is 3.18. The molecule has 3 aromatic rings. The third-order valence-electron chi connectivity index (χ3n) is 4.36. The summed E-state index contributed by atoms with van der Waals surface area (Å²) in [6.45, 7) is 3.41. The van der Waals surface area contributed by atoms with Crippen molar-refractivity contribution in [2.75, 3.05) is 13.1 Å². The van der Waals surface area contributed by atoms with E-state index >= 15 is 0 Å². The van der Waals surface area contributed by atoms with Crippen molar-refractivity contribution in [3.05, 3.63) is 44.4 Å². The molecule has 4 heterocycles. The summed E-state index contributed by atoms with van der Waals surface area (Å²) in [6, 6.07) is 3.36. The summed E-state index contributed by atoms with van der Waals surface area (Å²) in [4.78, 5) is 39.8. The van der Waals surface area contributed by atoms with Crippen molar-refractivity contribution >= 4 is 28.4 Å². The van der Waals surface area contributed by atoms with Crippen LogP contribution in [0.15, 0.2) is 22.3 Å². The number of aryl methyl sites for hydroxylation is 1. The molecular formula is C16H17N5O2S. The number of piperidine rings is 1. The van der Waals surface area contributed by atoms with E-state index in [2.05, 4.69) is 25.3 Å². The number of aromatic nitrogens is 4. The fourth-order valence-electron chi connectivity index (χ4n) is 3.09. The van der Waals surface area contributed by atoms with Gasteiger partial charge >= 0.3 is 5.69 Å². The number of nitrogens with one attached hydrogen (secondary N) is 2. The van der Waals surface area contributed by atoms with Crippen LogP contribution < -0.4 is 5.69 Å². The minimum absolute atomic E-state index is 0.0901. The lowest BCUT2D eigenvalue weighted by Gasteiger charge is -2.30. The third kappa shape index (κ3) is 2.73. The van der Waals surface area contributed by atoms with E-state index in [4.69, 9.17) is 0 Å². The molecule has 7 nitrogen and oxygen atoms in total. The fraction of sp³-hybridized carbons (Fsp3) is 0.375. The summed E-state index contributed by atoms with van der Waals surface area (Å²) in [7, 11) is 0. The van der Waals surface area contributed by atoms with E-state index in [9.17, 15) is 9.59 Å². The number of nitrogens with zero attached hydrogens (tertiary/aromatic N) is 3. The van der Waals surface area contributed by atoms with E-state index in [1.807, 2.05) is 11.8 Å². The third-order valence-corrected chi connectivity index (χ3v) is 5.49. The van der Waals surface area contributed by atoms with Crippen molar-refractivity contribution in [3.63, 3.8) is 0 Å². The molecule has 0 unspecified atom stereocenters. The van der Waals surface area contributed by atoms with Gasteiger partial charge < -0.3 is 9.88 Å². The largest absolute Gasteiger partial charge is 0.337 e. The van der Waals surface area contributed by atoms with Gasteiger partial charge in [-0.3, -0.25) is 9.78 Å². The van der Waals surface area contributed by atoms with Crippen LogP contribution in [0, 0.1) is 6.92 Å². The van der Waals surface area contributed by atoms with Gasteiger partial charge in [0.1, 0.15) is 5.69 Å². The number of thiazole rings is 1. The maximum Gasteiger partial charge on any atom is 0.325 e. The first kappa shape index (κ1) is 15.1. The van der Waals surface area contributed by atoms with Crippen LogP contribution in [0.1, 0.15) is 39.9 Å². The van der Waals surface area contributed by atoms with Gasteiger partial charge in [-0.1, -0.05) is 0 Å². The number of fused-ring (bicyclic) bond motifs is 1. The number of imidazole rings is 1. The van der Waals surface area contributed by atoms with Crippen molar-refractivity contribution in [3.8, 4) is 0 Å². The van der Waals surface area contributed by atoms with E-state index in [1.165, 1.54) is 5.01 Å². The zero-order valence-electron chi connectivity index (χ0n) is 13.2. The standard InChI is InChI=1S/C16H17N5O2S/c1-9-8-24-14(17-9)10-4-6-21(7-5-10)15(22)12-3-2-11-13(18-12)20-16(23)19-11/h2-3,8,10H,4-7H2,1H3,(H2,18,19,20,23). The molecule has 1 amide bonds. The van der Waals surface area contributed by atoms with Gasteiger partial charge in [-0.2, -0.15) is 0 Å². The van der Waals surface area contributed by atoms with Gasteiger partial charge in [0, 0.05) is 30.1 Å². The molecule has 3 aromatic heterocycles. The number of hydrogen-bond acceptors (Lipinski definition) is 5. The molecule has 0 atom stereocenters. The molecule has 24 heavy (non-hydrogen) atoms. The van der Waals surface area contributed by atoms with Crippen LogP contribution in [0.2, 0.25) is 0 Å². The minimum atomic E-state index is -0.318. The Morgan fingerprint density at radius 3 is 2.75 bits per heavy atom. The van der Waals surface area contributed by atoms with Crippen LogP contribution in [0.3, 0.4) is 0 Å².